The maximum Gasteiger partial charge on any atom is 0.277 e. The van der Waals surface area contributed by atoms with Crippen molar-refractivity contribution in [1.29, 1.82) is 0 Å². The SMILES string of the molecule is O=C(CN(CCN1CCOCC1)C(=O)c1cc([N+](=O)[O-])cc([N+](=O)[O-])c1)N(CCc1ccccc1)Cc1ccco1. The largest absolute Gasteiger partial charge is 0.467 e. The van der Waals surface area contributed by atoms with Crippen molar-refractivity contribution >= 4 is 23.2 Å². The molecule has 3 aromatic rings. The zero-order chi connectivity index (χ0) is 29.2. The first-order chi connectivity index (χ1) is 19.8. The minimum absolute atomic E-state index is 0.133. The molecule has 0 saturated carbocycles. The van der Waals surface area contributed by atoms with Gasteiger partial charge in [-0.2, -0.15) is 0 Å². The predicted molar refractivity (Wildman–Crippen MR) is 147 cm³/mol. The maximum absolute atomic E-state index is 13.7. The number of nitro benzene ring substituents is 2. The van der Waals surface area contributed by atoms with Crippen LogP contribution in [-0.2, 0) is 22.5 Å². The topological polar surface area (TPSA) is 153 Å². The van der Waals surface area contributed by atoms with E-state index in [4.69, 9.17) is 9.15 Å². The summed E-state index contributed by atoms with van der Waals surface area (Å²) in [6.07, 6.45) is 2.09. The molecule has 41 heavy (non-hydrogen) atoms. The van der Waals surface area contributed by atoms with E-state index in [9.17, 15) is 29.8 Å². The molecule has 0 bridgehead atoms. The molecule has 0 radical (unpaired) electrons. The van der Waals surface area contributed by atoms with E-state index in [-0.39, 0.29) is 31.1 Å². The van der Waals surface area contributed by atoms with Gasteiger partial charge in [-0.25, -0.2) is 0 Å². The van der Waals surface area contributed by atoms with Crippen molar-refractivity contribution in [2.45, 2.75) is 13.0 Å². The van der Waals surface area contributed by atoms with Crippen molar-refractivity contribution in [3.8, 4) is 0 Å². The Morgan fingerprint density at radius 1 is 0.878 bits per heavy atom. The summed E-state index contributed by atoms with van der Waals surface area (Å²) in [5, 5.41) is 22.9. The van der Waals surface area contributed by atoms with Crippen LogP contribution in [0.15, 0.2) is 71.3 Å². The molecular formula is C28H31N5O8. The van der Waals surface area contributed by atoms with E-state index in [2.05, 4.69) is 4.90 Å². The van der Waals surface area contributed by atoms with Gasteiger partial charge in [0.1, 0.15) is 12.3 Å². The number of carbonyl (C=O) groups is 2. The molecule has 1 aromatic heterocycles. The molecule has 1 aliphatic heterocycles. The summed E-state index contributed by atoms with van der Waals surface area (Å²) in [6.45, 7) is 3.18. The van der Waals surface area contributed by atoms with Gasteiger partial charge in [0.2, 0.25) is 5.91 Å². The number of hydrogen-bond donors (Lipinski definition) is 0. The van der Waals surface area contributed by atoms with Crippen molar-refractivity contribution in [3.63, 3.8) is 0 Å². The molecule has 1 aliphatic rings. The van der Waals surface area contributed by atoms with Gasteiger partial charge in [-0.05, 0) is 24.1 Å². The summed E-state index contributed by atoms with van der Waals surface area (Å²) >= 11 is 0. The number of ether oxygens (including phenoxy) is 1. The quantitative estimate of drug-likeness (QED) is 0.225. The molecule has 0 N–H and O–H groups in total. The number of hydrogen-bond acceptors (Lipinski definition) is 9. The fourth-order valence-electron chi connectivity index (χ4n) is 4.51. The molecule has 0 aliphatic carbocycles. The third-order valence-corrected chi connectivity index (χ3v) is 6.77. The van der Waals surface area contributed by atoms with Crippen molar-refractivity contribution in [2.24, 2.45) is 0 Å². The lowest BCUT2D eigenvalue weighted by Crippen LogP contribution is -2.47. The first-order valence-corrected chi connectivity index (χ1v) is 13.2. The molecule has 13 nitrogen and oxygen atoms in total. The van der Waals surface area contributed by atoms with Gasteiger partial charge in [-0.1, -0.05) is 30.3 Å². The molecule has 1 fully saturated rings. The van der Waals surface area contributed by atoms with Crippen molar-refractivity contribution in [2.75, 3.05) is 52.5 Å². The van der Waals surface area contributed by atoms with Crippen LogP contribution in [0.1, 0.15) is 21.7 Å². The lowest BCUT2D eigenvalue weighted by Gasteiger charge is -2.31. The monoisotopic (exact) mass is 565 g/mol. The molecular weight excluding hydrogens is 534 g/mol. The molecule has 2 heterocycles. The van der Waals surface area contributed by atoms with Crippen LogP contribution < -0.4 is 0 Å². The minimum Gasteiger partial charge on any atom is -0.467 e. The number of non-ortho nitro benzene ring substituents is 2. The van der Waals surface area contributed by atoms with Crippen LogP contribution in [-0.4, -0.2) is 88.8 Å². The van der Waals surface area contributed by atoms with Gasteiger partial charge in [0.15, 0.2) is 0 Å². The van der Waals surface area contributed by atoms with E-state index < -0.39 is 27.1 Å². The number of nitrogens with zero attached hydrogens (tertiary/aromatic N) is 5. The zero-order valence-corrected chi connectivity index (χ0v) is 22.4. The Kier molecular flexibility index (Phi) is 10.1. The molecule has 0 atom stereocenters. The van der Waals surface area contributed by atoms with Gasteiger partial charge in [-0.15, -0.1) is 0 Å². The summed E-state index contributed by atoms with van der Waals surface area (Å²) in [5.74, 6) is -0.487. The highest BCUT2D eigenvalue weighted by Crippen LogP contribution is 2.24. The number of nitro groups is 2. The average molecular weight is 566 g/mol. The van der Waals surface area contributed by atoms with Gasteiger partial charge < -0.3 is 19.0 Å². The Balaban J connectivity index is 1.58. The highest BCUT2D eigenvalue weighted by atomic mass is 16.6. The molecule has 1 saturated heterocycles. The number of furan rings is 1. The van der Waals surface area contributed by atoms with Crippen molar-refractivity contribution in [1.82, 2.24) is 14.7 Å². The molecule has 0 unspecified atom stereocenters. The Hall–Kier alpha value is -4.62. The fourth-order valence-corrected chi connectivity index (χ4v) is 4.51. The van der Waals surface area contributed by atoms with Crippen LogP contribution in [0.5, 0.6) is 0 Å². The van der Waals surface area contributed by atoms with E-state index in [0.29, 0.717) is 51.6 Å². The highest BCUT2D eigenvalue weighted by molar-refractivity contribution is 5.97. The van der Waals surface area contributed by atoms with Gasteiger partial charge in [-0.3, -0.25) is 34.7 Å². The Bertz CT molecular complexity index is 1310. The number of amides is 2. The predicted octanol–water partition coefficient (Wildman–Crippen LogP) is 3.14. The summed E-state index contributed by atoms with van der Waals surface area (Å²) in [6, 6.07) is 15.9. The molecule has 2 amide bonds. The second-order valence-corrected chi connectivity index (χ2v) is 9.56. The summed E-state index contributed by atoms with van der Waals surface area (Å²) < 4.78 is 10.8. The number of morpholine rings is 1. The van der Waals surface area contributed by atoms with Crippen LogP contribution in [0, 0.1) is 20.2 Å². The normalized spacial score (nSPS) is 13.5. The third-order valence-electron chi connectivity index (χ3n) is 6.77. The van der Waals surface area contributed by atoms with Crippen molar-refractivity contribution < 1.29 is 28.6 Å². The Morgan fingerprint density at radius 3 is 2.17 bits per heavy atom. The number of benzene rings is 2. The van der Waals surface area contributed by atoms with Crippen molar-refractivity contribution in [3.05, 3.63) is 104 Å². The lowest BCUT2D eigenvalue weighted by atomic mass is 10.1. The standard InChI is InChI=1S/C28H31N5O8/c34-27(30(20-26-7-4-14-41-26)9-8-22-5-2-1-3-6-22)21-31(11-10-29-12-15-40-16-13-29)28(35)23-17-24(32(36)37)19-25(18-23)33(38)39/h1-7,14,17-19H,8-13,15-16,20-21H2. The summed E-state index contributed by atoms with van der Waals surface area (Å²) in [7, 11) is 0. The van der Waals surface area contributed by atoms with Gasteiger partial charge in [0, 0.05) is 44.9 Å². The van der Waals surface area contributed by atoms with E-state index in [1.807, 2.05) is 30.3 Å². The number of rotatable bonds is 13. The molecule has 2 aromatic carbocycles. The smallest absolute Gasteiger partial charge is 0.277 e. The maximum atomic E-state index is 13.7. The minimum atomic E-state index is -0.790. The fraction of sp³-hybridized carbons (Fsp3) is 0.357. The first-order valence-electron chi connectivity index (χ1n) is 13.2. The van der Waals surface area contributed by atoms with E-state index >= 15 is 0 Å². The van der Waals surface area contributed by atoms with Gasteiger partial charge >= 0.3 is 0 Å². The van der Waals surface area contributed by atoms with Crippen LogP contribution >= 0.6 is 0 Å². The second-order valence-electron chi connectivity index (χ2n) is 9.56. The highest BCUT2D eigenvalue weighted by Gasteiger charge is 2.27. The van der Waals surface area contributed by atoms with E-state index in [1.54, 1.807) is 17.0 Å². The number of carbonyl (C=O) groups excluding carboxylic acids is 2. The zero-order valence-electron chi connectivity index (χ0n) is 22.4. The van der Waals surface area contributed by atoms with Crippen LogP contribution in [0.25, 0.3) is 0 Å². The molecule has 0 spiro atoms. The van der Waals surface area contributed by atoms with Crippen LogP contribution in [0.2, 0.25) is 0 Å². The summed E-state index contributed by atoms with van der Waals surface area (Å²) in [5.41, 5.74) is -0.356. The first kappa shape index (κ1) is 29.4. The molecule has 4 rings (SSSR count). The molecule has 216 valence electrons. The summed E-state index contributed by atoms with van der Waals surface area (Å²) in [4.78, 5) is 53.6. The van der Waals surface area contributed by atoms with Gasteiger partial charge in [0.05, 0.1) is 47.5 Å². The Morgan fingerprint density at radius 2 is 1.56 bits per heavy atom. The Labute approximate surface area is 236 Å². The lowest BCUT2D eigenvalue weighted by molar-refractivity contribution is -0.394. The molecule has 13 heteroatoms. The van der Waals surface area contributed by atoms with Gasteiger partial charge in [0.25, 0.3) is 17.3 Å². The van der Waals surface area contributed by atoms with E-state index in [1.165, 1.54) is 11.2 Å². The van der Waals surface area contributed by atoms with Crippen LogP contribution in [0.4, 0.5) is 11.4 Å². The third kappa shape index (κ3) is 8.43. The average Bonchev–Trinajstić information content (AvgIpc) is 3.51. The van der Waals surface area contributed by atoms with Crippen LogP contribution in [0.3, 0.4) is 0 Å². The second kappa shape index (κ2) is 14.1. The van der Waals surface area contributed by atoms with E-state index in [0.717, 1.165) is 23.8 Å².